The van der Waals surface area contributed by atoms with Gasteiger partial charge in [-0.3, -0.25) is 0 Å². The molecule has 1 rings (SSSR count). The molecule has 1 aromatic heterocycles. The Morgan fingerprint density at radius 1 is 1.38 bits per heavy atom. The minimum atomic E-state index is 0.680. The predicted octanol–water partition coefficient (Wildman–Crippen LogP) is 3.49. The van der Waals surface area contributed by atoms with Gasteiger partial charge in [0.2, 0.25) is 0 Å². The van der Waals surface area contributed by atoms with E-state index in [2.05, 4.69) is 36.5 Å². The van der Waals surface area contributed by atoms with Crippen molar-refractivity contribution in [3.8, 4) is 0 Å². The van der Waals surface area contributed by atoms with Crippen LogP contribution in [0.1, 0.15) is 45.0 Å². The van der Waals surface area contributed by atoms with E-state index in [0.717, 1.165) is 18.9 Å². The lowest BCUT2D eigenvalue weighted by Crippen LogP contribution is -2.33. The topological polar surface area (TPSA) is 24.9 Å². The van der Waals surface area contributed by atoms with Crippen LogP contribution in [0.5, 0.6) is 0 Å². The van der Waals surface area contributed by atoms with Crippen LogP contribution < -0.4 is 5.32 Å². The van der Waals surface area contributed by atoms with E-state index in [0.29, 0.717) is 6.04 Å². The third-order valence-corrected chi connectivity index (χ3v) is 3.79. The van der Waals surface area contributed by atoms with Crippen LogP contribution in [0.2, 0.25) is 0 Å². The Kier molecular flexibility index (Phi) is 6.65. The maximum absolute atomic E-state index is 4.29. The quantitative estimate of drug-likeness (QED) is 0.704. The first-order valence-corrected chi connectivity index (χ1v) is 7.23. The van der Waals surface area contributed by atoms with E-state index in [-0.39, 0.29) is 0 Å². The van der Waals surface area contributed by atoms with Crippen molar-refractivity contribution in [2.45, 2.75) is 52.5 Å². The second kappa shape index (κ2) is 7.80. The van der Waals surface area contributed by atoms with Crippen molar-refractivity contribution in [1.29, 1.82) is 0 Å². The fourth-order valence-corrected chi connectivity index (χ4v) is 2.58. The smallest absolute Gasteiger partial charge is 0.0924 e. The molecule has 1 aromatic rings. The molecule has 0 fully saturated rings. The van der Waals surface area contributed by atoms with Crippen LogP contribution in [-0.2, 0) is 6.42 Å². The highest BCUT2D eigenvalue weighted by atomic mass is 32.1. The zero-order chi connectivity index (χ0) is 11.8. The fourth-order valence-electron chi connectivity index (χ4n) is 1.92. The Bertz CT molecular complexity index is 257. The average molecular weight is 240 g/mol. The van der Waals surface area contributed by atoms with E-state index in [4.69, 9.17) is 0 Å². The molecule has 0 radical (unpaired) electrons. The van der Waals surface area contributed by atoms with Crippen molar-refractivity contribution in [1.82, 2.24) is 10.3 Å². The summed E-state index contributed by atoms with van der Waals surface area (Å²) in [6, 6.07) is 0.680. The molecule has 0 aromatic carbocycles. The van der Waals surface area contributed by atoms with E-state index >= 15 is 0 Å². The minimum absolute atomic E-state index is 0.680. The summed E-state index contributed by atoms with van der Waals surface area (Å²) in [5.74, 6) is 0.740. The number of aromatic nitrogens is 1. The average Bonchev–Trinajstić information content (AvgIpc) is 2.75. The molecule has 3 heteroatoms. The van der Waals surface area contributed by atoms with Gasteiger partial charge in [0.1, 0.15) is 0 Å². The molecule has 1 heterocycles. The first-order valence-electron chi connectivity index (χ1n) is 6.35. The number of hydrogen-bond donors (Lipinski definition) is 1. The molecule has 0 aliphatic carbocycles. The summed E-state index contributed by atoms with van der Waals surface area (Å²) in [4.78, 5) is 4.29. The highest BCUT2D eigenvalue weighted by Gasteiger charge is 2.08. The zero-order valence-corrected chi connectivity index (χ0v) is 11.5. The van der Waals surface area contributed by atoms with E-state index in [1.165, 1.54) is 24.3 Å². The molecule has 16 heavy (non-hydrogen) atoms. The van der Waals surface area contributed by atoms with Crippen LogP contribution in [0.15, 0.2) is 11.6 Å². The first-order chi connectivity index (χ1) is 7.74. The lowest BCUT2D eigenvalue weighted by Gasteiger charge is -2.20. The summed E-state index contributed by atoms with van der Waals surface area (Å²) in [6.07, 6.45) is 6.75. The van der Waals surface area contributed by atoms with Crippen molar-refractivity contribution in [3.63, 3.8) is 0 Å². The van der Waals surface area contributed by atoms with E-state index in [1.807, 2.05) is 6.20 Å². The van der Waals surface area contributed by atoms with Crippen molar-refractivity contribution in [3.05, 3.63) is 16.6 Å². The number of unbranched alkanes of at least 4 members (excludes halogenated alkanes) is 1. The van der Waals surface area contributed by atoms with Crippen molar-refractivity contribution < 1.29 is 0 Å². The van der Waals surface area contributed by atoms with E-state index < -0.39 is 0 Å². The molecule has 2 nitrogen and oxygen atoms in total. The van der Waals surface area contributed by atoms with Gasteiger partial charge in [-0.2, -0.15) is 0 Å². The lowest BCUT2D eigenvalue weighted by atomic mass is 10.0. The monoisotopic (exact) mass is 240 g/mol. The van der Waals surface area contributed by atoms with Gasteiger partial charge >= 0.3 is 0 Å². The van der Waals surface area contributed by atoms with Gasteiger partial charge in [-0.25, -0.2) is 4.98 Å². The summed E-state index contributed by atoms with van der Waals surface area (Å²) in [7, 11) is 0. The Balaban J connectivity index is 2.03. The molecule has 0 saturated heterocycles. The maximum atomic E-state index is 4.29. The molecule has 0 spiro atoms. The van der Waals surface area contributed by atoms with Gasteiger partial charge in [-0.15, -0.1) is 11.3 Å². The molecular weight excluding hydrogens is 216 g/mol. The Labute approximate surface area is 103 Å². The van der Waals surface area contributed by atoms with E-state index in [1.54, 1.807) is 11.3 Å². The Hall–Kier alpha value is -0.410. The second-order valence-electron chi connectivity index (χ2n) is 4.60. The summed E-state index contributed by atoms with van der Waals surface area (Å²) in [5.41, 5.74) is 0. The third-order valence-electron chi connectivity index (χ3n) is 2.95. The van der Waals surface area contributed by atoms with Gasteiger partial charge in [0.15, 0.2) is 0 Å². The maximum Gasteiger partial charge on any atom is 0.0924 e. The molecule has 0 bridgehead atoms. The SMILES string of the molecule is CCC(NCCCCc1nccs1)C(C)C. The molecule has 1 atom stereocenters. The van der Waals surface area contributed by atoms with Gasteiger partial charge in [-0.05, 0) is 38.1 Å². The molecule has 0 amide bonds. The fraction of sp³-hybridized carbons (Fsp3) is 0.769. The molecule has 0 aliphatic rings. The van der Waals surface area contributed by atoms with Crippen LogP contribution in [0.25, 0.3) is 0 Å². The van der Waals surface area contributed by atoms with Crippen molar-refractivity contribution in [2.75, 3.05) is 6.54 Å². The van der Waals surface area contributed by atoms with E-state index in [9.17, 15) is 0 Å². The van der Waals surface area contributed by atoms with Crippen molar-refractivity contribution in [2.24, 2.45) is 5.92 Å². The minimum Gasteiger partial charge on any atom is -0.314 e. The first kappa shape index (κ1) is 13.7. The highest BCUT2D eigenvalue weighted by Crippen LogP contribution is 2.09. The lowest BCUT2D eigenvalue weighted by molar-refractivity contribution is 0.385. The Morgan fingerprint density at radius 2 is 2.19 bits per heavy atom. The molecule has 1 unspecified atom stereocenters. The molecule has 92 valence electrons. The van der Waals surface area contributed by atoms with Crippen LogP contribution >= 0.6 is 11.3 Å². The Morgan fingerprint density at radius 3 is 2.75 bits per heavy atom. The van der Waals surface area contributed by atoms with Crippen LogP contribution in [0, 0.1) is 5.92 Å². The largest absolute Gasteiger partial charge is 0.314 e. The second-order valence-corrected chi connectivity index (χ2v) is 5.57. The molecular formula is C13H24N2S. The standard InChI is InChI=1S/C13H24N2S/c1-4-12(11(2)3)14-8-6-5-7-13-15-9-10-16-13/h9-12,14H,4-8H2,1-3H3. The number of hydrogen-bond acceptors (Lipinski definition) is 3. The predicted molar refractivity (Wildman–Crippen MR) is 72.0 cm³/mol. The van der Waals surface area contributed by atoms with Crippen LogP contribution in [0.4, 0.5) is 0 Å². The van der Waals surface area contributed by atoms with Gasteiger partial charge in [-0.1, -0.05) is 20.8 Å². The number of nitrogens with zero attached hydrogens (tertiary/aromatic N) is 1. The zero-order valence-electron chi connectivity index (χ0n) is 10.7. The van der Waals surface area contributed by atoms with Gasteiger partial charge in [0.25, 0.3) is 0 Å². The van der Waals surface area contributed by atoms with Crippen LogP contribution in [0.3, 0.4) is 0 Å². The number of aryl methyl sites for hydroxylation is 1. The van der Waals surface area contributed by atoms with Gasteiger partial charge in [0, 0.05) is 17.6 Å². The summed E-state index contributed by atoms with van der Waals surface area (Å²) in [6.45, 7) is 7.97. The normalized spacial score (nSPS) is 13.2. The summed E-state index contributed by atoms with van der Waals surface area (Å²) in [5, 5.41) is 6.96. The van der Waals surface area contributed by atoms with Crippen molar-refractivity contribution >= 4 is 11.3 Å². The third kappa shape index (κ3) is 5.08. The van der Waals surface area contributed by atoms with Crippen LogP contribution in [-0.4, -0.2) is 17.6 Å². The summed E-state index contributed by atoms with van der Waals surface area (Å²) < 4.78 is 0. The summed E-state index contributed by atoms with van der Waals surface area (Å²) >= 11 is 1.77. The number of rotatable bonds is 8. The number of thiazole rings is 1. The van der Waals surface area contributed by atoms with Gasteiger partial charge in [0.05, 0.1) is 5.01 Å². The molecule has 0 saturated carbocycles. The highest BCUT2D eigenvalue weighted by molar-refractivity contribution is 7.09. The van der Waals surface area contributed by atoms with Gasteiger partial charge < -0.3 is 5.32 Å². The number of nitrogens with one attached hydrogen (secondary N) is 1. The molecule has 1 N–H and O–H groups in total. The molecule has 0 aliphatic heterocycles.